The Morgan fingerprint density at radius 3 is 2.17 bits per heavy atom. The van der Waals surface area contributed by atoms with Crippen molar-refractivity contribution in [1.29, 1.82) is 0 Å². The van der Waals surface area contributed by atoms with Crippen molar-refractivity contribution in [3.63, 3.8) is 0 Å². The molecule has 2 amide bonds. The number of ketones is 2. The van der Waals surface area contributed by atoms with Crippen LogP contribution in [0.2, 0.25) is 0 Å². The van der Waals surface area contributed by atoms with E-state index >= 15 is 0 Å². The highest BCUT2D eigenvalue weighted by molar-refractivity contribution is 5.89. The first kappa shape index (κ1) is 20.3. The van der Waals surface area contributed by atoms with Gasteiger partial charge in [0.05, 0.1) is 6.04 Å². The zero-order valence-corrected chi connectivity index (χ0v) is 15.0. The van der Waals surface area contributed by atoms with Crippen LogP contribution in [-0.2, 0) is 19.2 Å². The van der Waals surface area contributed by atoms with E-state index in [-0.39, 0.29) is 41.8 Å². The summed E-state index contributed by atoms with van der Waals surface area (Å²) in [5.74, 6) is -0.653. The molecule has 0 radical (unpaired) electrons. The van der Waals surface area contributed by atoms with Crippen molar-refractivity contribution in [1.82, 2.24) is 10.6 Å². The Morgan fingerprint density at radius 1 is 1.04 bits per heavy atom. The summed E-state index contributed by atoms with van der Waals surface area (Å²) < 4.78 is 0. The molecule has 136 valence electrons. The molecule has 1 aliphatic carbocycles. The van der Waals surface area contributed by atoms with Gasteiger partial charge in [0.15, 0.2) is 5.78 Å². The van der Waals surface area contributed by atoms with E-state index < -0.39 is 6.04 Å². The smallest absolute Gasteiger partial charge is 0.223 e. The van der Waals surface area contributed by atoms with Crippen LogP contribution in [0.3, 0.4) is 0 Å². The lowest BCUT2D eigenvalue weighted by Crippen LogP contribution is -2.44. The second-order valence-corrected chi connectivity index (χ2v) is 6.75. The third-order valence-corrected chi connectivity index (χ3v) is 4.65. The Kier molecular flexibility index (Phi) is 8.65. The summed E-state index contributed by atoms with van der Waals surface area (Å²) in [7, 11) is 0. The monoisotopic (exact) mass is 338 g/mol. The van der Waals surface area contributed by atoms with Crippen molar-refractivity contribution in [3.05, 3.63) is 0 Å². The van der Waals surface area contributed by atoms with Gasteiger partial charge in [0.25, 0.3) is 0 Å². The molecule has 0 spiro atoms. The van der Waals surface area contributed by atoms with Gasteiger partial charge in [0.2, 0.25) is 11.8 Å². The van der Waals surface area contributed by atoms with E-state index in [4.69, 9.17) is 0 Å². The molecule has 1 aliphatic rings. The summed E-state index contributed by atoms with van der Waals surface area (Å²) >= 11 is 0. The summed E-state index contributed by atoms with van der Waals surface area (Å²) in [4.78, 5) is 47.0. The van der Waals surface area contributed by atoms with E-state index in [2.05, 4.69) is 10.6 Å². The maximum atomic E-state index is 12.3. The number of nitrogens with one attached hydrogen (secondary N) is 2. The van der Waals surface area contributed by atoms with Gasteiger partial charge in [-0.15, -0.1) is 0 Å². The van der Waals surface area contributed by atoms with Crippen molar-refractivity contribution in [2.75, 3.05) is 0 Å². The molecule has 6 nitrogen and oxygen atoms in total. The van der Waals surface area contributed by atoms with Crippen LogP contribution >= 0.6 is 0 Å². The van der Waals surface area contributed by atoms with Gasteiger partial charge in [-0.25, -0.2) is 0 Å². The van der Waals surface area contributed by atoms with Crippen LogP contribution in [0.25, 0.3) is 0 Å². The number of hydrogen-bond donors (Lipinski definition) is 2. The van der Waals surface area contributed by atoms with Crippen LogP contribution < -0.4 is 10.6 Å². The number of hydrogen-bond acceptors (Lipinski definition) is 4. The summed E-state index contributed by atoms with van der Waals surface area (Å²) in [6.45, 7) is 4.81. The fourth-order valence-electron chi connectivity index (χ4n) is 2.69. The SMILES string of the molecule is CCC(CCC(C)=O)C(=O)NC(CCC(=O)NC1CCC1)C(C)=O. The van der Waals surface area contributed by atoms with E-state index in [1.54, 1.807) is 0 Å². The first-order valence-corrected chi connectivity index (χ1v) is 8.93. The lowest BCUT2D eigenvalue weighted by molar-refractivity contribution is -0.131. The molecule has 2 atom stereocenters. The molecule has 1 rings (SSSR count). The molecule has 0 bridgehead atoms. The quantitative estimate of drug-likeness (QED) is 0.602. The van der Waals surface area contributed by atoms with E-state index in [0.717, 1.165) is 19.3 Å². The van der Waals surface area contributed by atoms with Gasteiger partial charge < -0.3 is 15.4 Å². The van der Waals surface area contributed by atoms with Crippen LogP contribution in [0.1, 0.15) is 72.1 Å². The fourth-order valence-corrected chi connectivity index (χ4v) is 2.69. The maximum absolute atomic E-state index is 12.3. The third-order valence-electron chi connectivity index (χ3n) is 4.65. The molecule has 0 aromatic rings. The van der Waals surface area contributed by atoms with E-state index in [1.165, 1.54) is 13.8 Å². The molecule has 2 N–H and O–H groups in total. The molecule has 0 aromatic heterocycles. The van der Waals surface area contributed by atoms with Crippen LogP contribution in [-0.4, -0.2) is 35.5 Å². The van der Waals surface area contributed by atoms with Crippen LogP contribution in [0.4, 0.5) is 0 Å². The highest BCUT2D eigenvalue weighted by Crippen LogP contribution is 2.18. The second kappa shape index (κ2) is 10.2. The predicted octanol–water partition coefficient (Wildman–Crippen LogP) is 1.90. The summed E-state index contributed by atoms with van der Waals surface area (Å²) in [5.41, 5.74) is 0. The second-order valence-electron chi connectivity index (χ2n) is 6.75. The Morgan fingerprint density at radius 2 is 1.71 bits per heavy atom. The van der Waals surface area contributed by atoms with Crippen LogP contribution in [0.5, 0.6) is 0 Å². The lowest BCUT2D eigenvalue weighted by atomic mass is 9.93. The molecule has 6 heteroatoms. The zero-order chi connectivity index (χ0) is 18.1. The van der Waals surface area contributed by atoms with Crippen molar-refractivity contribution in [2.45, 2.75) is 84.2 Å². The first-order chi connectivity index (χ1) is 11.3. The standard InChI is InChI=1S/C18H30N2O4/c1-4-14(9-8-12(2)21)18(24)20-16(13(3)22)10-11-17(23)19-15-6-5-7-15/h14-16H,4-11H2,1-3H3,(H,19,23)(H,20,24). The molecular weight excluding hydrogens is 308 g/mol. The molecule has 0 saturated heterocycles. The molecule has 24 heavy (non-hydrogen) atoms. The van der Waals surface area contributed by atoms with Gasteiger partial charge in [-0.1, -0.05) is 6.92 Å². The van der Waals surface area contributed by atoms with E-state index in [9.17, 15) is 19.2 Å². The fraction of sp³-hybridized carbons (Fsp3) is 0.778. The topological polar surface area (TPSA) is 92.3 Å². The highest BCUT2D eigenvalue weighted by atomic mass is 16.2. The minimum atomic E-state index is -0.643. The van der Waals surface area contributed by atoms with E-state index in [1.807, 2.05) is 6.92 Å². The Labute approximate surface area is 144 Å². The van der Waals surface area contributed by atoms with Gasteiger partial charge in [-0.2, -0.15) is 0 Å². The Balaban J connectivity index is 2.44. The summed E-state index contributed by atoms with van der Waals surface area (Å²) in [6, 6.07) is -0.366. The van der Waals surface area contributed by atoms with Gasteiger partial charge in [-0.05, 0) is 52.4 Å². The first-order valence-electron chi connectivity index (χ1n) is 8.93. The van der Waals surface area contributed by atoms with Crippen LogP contribution in [0, 0.1) is 5.92 Å². The number of carbonyl (C=O) groups excluding carboxylic acids is 4. The molecule has 1 fully saturated rings. The Hall–Kier alpha value is -1.72. The van der Waals surface area contributed by atoms with Gasteiger partial charge in [0, 0.05) is 24.8 Å². The zero-order valence-electron chi connectivity index (χ0n) is 15.0. The van der Waals surface area contributed by atoms with Crippen molar-refractivity contribution in [3.8, 4) is 0 Å². The summed E-state index contributed by atoms with van der Waals surface area (Å²) in [5, 5.41) is 5.68. The molecule has 2 unspecified atom stereocenters. The highest BCUT2D eigenvalue weighted by Gasteiger charge is 2.24. The lowest BCUT2D eigenvalue weighted by Gasteiger charge is -2.26. The largest absolute Gasteiger partial charge is 0.353 e. The predicted molar refractivity (Wildman–Crippen MR) is 91.3 cm³/mol. The molecule has 0 heterocycles. The minimum absolute atomic E-state index is 0.0528. The number of Topliss-reactive ketones (excluding diaryl/α,β-unsaturated/α-hetero) is 2. The van der Waals surface area contributed by atoms with Crippen LogP contribution in [0.15, 0.2) is 0 Å². The van der Waals surface area contributed by atoms with Crippen molar-refractivity contribution >= 4 is 23.4 Å². The number of rotatable bonds is 11. The van der Waals surface area contributed by atoms with Gasteiger partial charge in [0.1, 0.15) is 5.78 Å². The summed E-state index contributed by atoms with van der Waals surface area (Å²) in [6.07, 6.45) is 5.19. The number of carbonyl (C=O) groups is 4. The molecule has 0 aromatic carbocycles. The molecule has 0 aliphatic heterocycles. The maximum Gasteiger partial charge on any atom is 0.223 e. The van der Waals surface area contributed by atoms with Gasteiger partial charge in [-0.3, -0.25) is 14.4 Å². The average Bonchev–Trinajstić information content (AvgIpc) is 2.47. The normalized spacial score (nSPS) is 16.6. The number of amides is 2. The average molecular weight is 338 g/mol. The third kappa shape index (κ3) is 7.23. The minimum Gasteiger partial charge on any atom is -0.353 e. The van der Waals surface area contributed by atoms with E-state index in [0.29, 0.717) is 25.7 Å². The molecule has 1 saturated carbocycles. The van der Waals surface area contributed by atoms with Crippen molar-refractivity contribution < 1.29 is 19.2 Å². The molecular formula is C18H30N2O4. The van der Waals surface area contributed by atoms with Gasteiger partial charge >= 0.3 is 0 Å². The van der Waals surface area contributed by atoms with Crippen molar-refractivity contribution in [2.24, 2.45) is 5.92 Å². The Bertz CT molecular complexity index is 472.